The van der Waals surface area contributed by atoms with Gasteiger partial charge in [0.25, 0.3) is 0 Å². The Hall–Kier alpha value is -2.20. The summed E-state index contributed by atoms with van der Waals surface area (Å²) < 4.78 is 5.28. The zero-order valence-corrected chi connectivity index (χ0v) is 14.6. The first kappa shape index (κ1) is 16.3. The standard InChI is InChI=1S/C21H24N2O2/c1-25-21-19(8-5-11-22-21)20(24)16-12-17-9-10-18(13-16)23(17)14-15-6-3-2-4-7-15/h2-8,11,16-18H,9-10,12-14H2,1H3. The Labute approximate surface area is 148 Å². The van der Waals surface area contributed by atoms with E-state index in [-0.39, 0.29) is 11.7 Å². The number of nitrogens with zero attached hydrogens (tertiary/aromatic N) is 2. The fourth-order valence-electron chi connectivity index (χ4n) is 4.50. The van der Waals surface area contributed by atoms with Crippen LogP contribution in [0.1, 0.15) is 41.6 Å². The summed E-state index contributed by atoms with van der Waals surface area (Å²) in [7, 11) is 1.57. The molecular formula is C21H24N2O2. The molecule has 0 spiro atoms. The maximum absolute atomic E-state index is 13.0. The largest absolute Gasteiger partial charge is 0.480 e. The van der Waals surface area contributed by atoms with Gasteiger partial charge < -0.3 is 4.74 Å². The second-order valence-electron chi connectivity index (χ2n) is 7.14. The van der Waals surface area contributed by atoms with Crippen molar-refractivity contribution in [2.75, 3.05) is 7.11 Å². The minimum atomic E-state index is 0.0858. The molecule has 2 bridgehead atoms. The smallest absolute Gasteiger partial charge is 0.224 e. The van der Waals surface area contributed by atoms with Crippen LogP contribution < -0.4 is 4.74 Å². The first-order valence-corrected chi connectivity index (χ1v) is 9.09. The van der Waals surface area contributed by atoms with E-state index in [2.05, 4.69) is 40.2 Å². The molecule has 2 fully saturated rings. The molecule has 2 saturated heterocycles. The van der Waals surface area contributed by atoms with Crippen LogP contribution in [0.5, 0.6) is 5.88 Å². The summed E-state index contributed by atoms with van der Waals surface area (Å²) in [5.74, 6) is 0.732. The third-order valence-corrected chi connectivity index (χ3v) is 5.69. The van der Waals surface area contributed by atoms with Gasteiger partial charge in [0.2, 0.25) is 5.88 Å². The van der Waals surface area contributed by atoms with Crippen molar-refractivity contribution in [3.05, 3.63) is 59.8 Å². The van der Waals surface area contributed by atoms with Gasteiger partial charge in [0, 0.05) is 30.7 Å². The number of hydrogen-bond donors (Lipinski definition) is 0. The van der Waals surface area contributed by atoms with Crippen LogP contribution in [-0.4, -0.2) is 34.9 Å². The number of piperidine rings is 1. The zero-order valence-electron chi connectivity index (χ0n) is 14.6. The number of rotatable bonds is 5. The molecule has 4 nitrogen and oxygen atoms in total. The van der Waals surface area contributed by atoms with Crippen LogP contribution in [0, 0.1) is 5.92 Å². The van der Waals surface area contributed by atoms with Gasteiger partial charge in [0.15, 0.2) is 5.78 Å². The Balaban J connectivity index is 1.49. The first-order chi connectivity index (χ1) is 12.3. The lowest BCUT2D eigenvalue weighted by Gasteiger charge is -2.38. The van der Waals surface area contributed by atoms with Crippen LogP contribution in [0.2, 0.25) is 0 Å². The number of pyridine rings is 1. The van der Waals surface area contributed by atoms with E-state index in [0.29, 0.717) is 23.5 Å². The summed E-state index contributed by atoms with van der Waals surface area (Å²) in [4.78, 5) is 19.8. The van der Waals surface area contributed by atoms with Crippen molar-refractivity contribution in [1.82, 2.24) is 9.88 Å². The highest BCUT2D eigenvalue weighted by atomic mass is 16.5. The molecule has 25 heavy (non-hydrogen) atoms. The maximum atomic E-state index is 13.0. The van der Waals surface area contributed by atoms with Gasteiger partial charge in [-0.05, 0) is 43.4 Å². The molecule has 130 valence electrons. The molecule has 1 aromatic carbocycles. The monoisotopic (exact) mass is 336 g/mol. The zero-order chi connectivity index (χ0) is 17.2. The van der Waals surface area contributed by atoms with Gasteiger partial charge in [-0.2, -0.15) is 0 Å². The first-order valence-electron chi connectivity index (χ1n) is 9.09. The summed E-state index contributed by atoms with van der Waals surface area (Å²) >= 11 is 0. The number of carbonyl (C=O) groups excluding carboxylic acids is 1. The molecule has 0 aliphatic carbocycles. The van der Waals surface area contributed by atoms with Gasteiger partial charge in [-0.1, -0.05) is 30.3 Å². The third kappa shape index (κ3) is 3.19. The van der Waals surface area contributed by atoms with E-state index in [1.165, 1.54) is 18.4 Å². The van der Waals surface area contributed by atoms with Crippen LogP contribution >= 0.6 is 0 Å². The Bertz CT molecular complexity index is 733. The van der Waals surface area contributed by atoms with Gasteiger partial charge in [-0.3, -0.25) is 9.69 Å². The van der Waals surface area contributed by atoms with Crippen molar-refractivity contribution >= 4 is 5.78 Å². The summed E-state index contributed by atoms with van der Waals surface area (Å²) in [6.07, 6.45) is 5.96. The highest BCUT2D eigenvalue weighted by Crippen LogP contribution is 2.41. The quantitative estimate of drug-likeness (QED) is 0.781. The third-order valence-electron chi connectivity index (χ3n) is 5.69. The number of methoxy groups -OCH3 is 1. The second-order valence-corrected chi connectivity index (χ2v) is 7.14. The van der Waals surface area contributed by atoms with E-state index in [1.807, 2.05) is 12.1 Å². The van der Waals surface area contributed by atoms with Gasteiger partial charge >= 0.3 is 0 Å². The Kier molecular flexibility index (Phi) is 4.53. The van der Waals surface area contributed by atoms with Crippen molar-refractivity contribution in [2.45, 2.75) is 44.3 Å². The number of benzene rings is 1. The average Bonchev–Trinajstić information content (AvgIpc) is 2.89. The lowest BCUT2D eigenvalue weighted by atomic mass is 9.84. The fraction of sp³-hybridized carbons (Fsp3) is 0.429. The van der Waals surface area contributed by atoms with Crippen molar-refractivity contribution < 1.29 is 9.53 Å². The number of fused-ring (bicyclic) bond motifs is 2. The van der Waals surface area contributed by atoms with Crippen LogP contribution in [-0.2, 0) is 6.54 Å². The topological polar surface area (TPSA) is 42.4 Å². The summed E-state index contributed by atoms with van der Waals surface area (Å²) in [5, 5.41) is 0. The highest BCUT2D eigenvalue weighted by Gasteiger charge is 2.43. The molecule has 3 heterocycles. The van der Waals surface area contributed by atoms with E-state index >= 15 is 0 Å². The molecule has 1 aromatic heterocycles. The minimum absolute atomic E-state index is 0.0858. The lowest BCUT2D eigenvalue weighted by molar-refractivity contribution is 0.0675. The number of aromatic nitrogens is 1. The van der Waals surface area contributed by atoms with Gasteiger partial charge in [-0.15, -0.1) is 0 Å². The average molecular weight is 336 g/mol. The molecule has 2 aliphatic rings. The summed E-state index contributed by atoms with van der Waals surface area (Å²) in [5.41, 5.74) is 1.99. The van der Waals surface area contributed by atoms with E-state index in [9.17, 15) is 4.79 Å². The van der Waals surface area contributed by atoms with E-state index in [4.69, 9.17) is 4.74 Å². The molecule has 2 atom stereocenters. The molecule has 0 amide bonds. The van der Waals surface area contributed by atoms with Gasteiger partial charge in [-0.25, -0.2) is 4.98 Å². The fourth-order valence-corrected chi connectivity index (χ4v) is 4.50. The molecule has 2 unspecified atom stereocenters. The van der Waals surface area contributed by atoms with Crippen LogP contribution in [0.25, 0.3) is 0 Å². The van der Waals surface area contributed by atoms with E-state index in [1.54, 1.807) is 13.3 Å². The second kappa shape index (κ2) is 6.96. The molecule has 2 aromatic rings. The maximum Gasteiger partial charge on any atom is 0.224 e. The van der Waals surface area contributed by atoms with E-state index in [0.717, 1.165) is 19.4 Å². The summed E-state index contributed by atoms with van der Waals surface area (Å²) in [6, 6.07) is 15.3. The number of ether oxygens (including phenoxy) is 1. The SMILES string of the molecule is COc1ncccc1C(=O)C1CC2CCC(C1)N2Cc1ccccc1. The highest BCUT2D eigenvalue weighted by molar-refractivity contribution is 5.99. The van der Waals surface area contributed by atoms with E-state index < -0.39 is 0 Å². The number of carbonyl (C=O) groups is 1. The molecule has 0 radical (unpaired) electrons. The molecule has 0 saturated carbocycles. The molecule has 2 aliphatic heterocycles. The molecule has 4 heteroatoms. The normalized spacial score (nSPS) is 25.7. The lowest BCUT2D eigenvalue weighted by Crippen LogP contribution is -2.44. The molecule has 0 N–H and O–H groups in total. The molecule has 4 rings (SSSR count). The number of Topliss-reactive ketones (excluding diaryl/α,β-unsaturated/α-hetero) is 1. The van der Waals surface area contributed by atoms with Crippen LogP contribution in [0.3, 0.4) is 0 Å². The van der Waals surface area contributed by atoms with Crippen molar-refractivity contribution in [3.8, 4) is 5.88 Å². The van der Waals surface area contributed by atoms with Gasteiger partial charge in [0.05, 0.1) is 12.7 Å². The predicted molar refractivity (Wildman–Crippen MR) is 96.6 cm³/mol. The minimum Gasteiger partial charge on any atom is -0.480 e. The number of hydrogen-bond acceptors (Lipinski definition) is 4. The number of ketones is 1. The van der Waals surface area contributed by atoms with Crippen LogP contribution in [0.15, 0.2) is 48.7 Å². The van der Waals surface area contributed by atoms with Crippen molar-refractivity contribution in [2.24, 2.45) is 5.92 Å². The van der Waals surface area contributed by atoms with Crippen molar-refractivity contribution in [1.29, 1.82) is 0 Å². The van der Waals surface area contributed by atoms with Gasteiger partial charge in [0.1, 0.15) is 0 Å². The Morgan fingerprint density at radius 1 is 1.12 bits per heavy atom. The molecular weight excluding hydrogens is 312 g/mol. The summed E-state index contributed by atoms with van der Waals surface area (Å²) in [6.45, 7) is 0.993. The Morgan fingerprint density at radius 3 is 2.52 bits per heavy atom. The Morgan fingerprint density at radius 2 is 1.84 bits per heavy atom. The van der Waals surface area contributed by atoms with Crippen molar-refractivity contribution in [3.63, 3.8) is 0 Å². The van der Waals surface area contributed by atoms with Crippen LogP contribution in [0.4, 0.5) is 0 Å². The predicted octanol–water partition coefficient (Wildman–Crippen LogP) is 3.72.